The first-order valence-electron chi connectivity index (χ1n) is 7.94. The Kier molecular flexibility index (Phi) is 4.45. The van der Waals surface area contributed by atoms with Gasteiger partial charge >= 0.3 is 0 Å². The van der Waals surface area contributed by atoms with E-state index >= 15 is 0 Å². The molecule has 1 aliphatic rings. The molecule has 3 heterocycles. The summed E-state index contributed by atoms with van der Waals surface area (Å²) in [6.07, 6.45) is 1.59. The number of carbonyl (C=O) groups excluding carboxylic acids is 2. The van der Waals surface area contributed by atoms with E-state index in [1.807, 2.05) is 31.7 Å². The van der Waals surface area contributed by atoms with Crippen LogP contribution in [0.5, 0.6) is 0 Å². The molecule has 0 N–H and O–H groups in total. The second-order valence-electron chi connectivity index (χ2n) is 6.85. The van der Waals surface area contributed by atoms with Gasteiger partial charge in [-0.25, -0.2) is 4.98 Å². The number of amides is 2. The first-order valence-corrected chi connectivity index (χ1v) is 8.82. The van der Waals surface area contributed by atoms with Crippen molar-refractivity contribution in [1.82, 2.24) is 14.8 Å². The van der Waals surface area contributed by atoms with Crippen LogP contribution in [0.4, 0.5) is 0 Å². The highest BCUT2D eigenvalue weighted by molar-refractivity contribution is 7.13. The minimum Gasteiger partial charge on any atom is -0.462 e. The van der Waals surface area contributed by atoms with Gasteiger partial charge in [0, 0.05) is 37.0 Å². The fraction of sp³-hybridized carbons (Fsp3) is 0.471. The topological polar surface area (TPSA) is 66.7 Å². The summed E-state index contributed by atoms with van der Waals surface area (Å²) in [6, 6.07) is 3.62. The highest BCUT2D eigenvalue weighted by Crippen LogP contribution is 2.25. The van der Waals surface area contributed by atoms with E-state index in [1.165, 1.54) is 11.3 Å². The van der Waals surface area contributed by atoms with Crippen molar-refractivity contribution in [1.29, 1.82) is 0 Å². The maximum absolute atomic E-state index is 12.6. The highest BCUT2D eigenvalue weighted by Gasteiger charge is 2.31. The number of hydrogen-bond acceptors (Lipinski definition) is 5. The lowest BCUT2D eigenvalue weighted by molar-refractivity contribution is -0.140. The lowest BCUT2D eigenvalue weighted by Gasteiger charge is -2.37. The zero-order valence-electron chi connectivity index (χ0n) is 14.1. The molecule has 0 atom stereocenters. The summed E-state index contributed by atoms with van der Waals surface area (Å²) in [5.41, 5.74) is 0.0426. The molecule has 0 spiro atoms. The summed E-state index contributed by atoms with van der Waals surface area (Å²) in [5, 5.41) is 2.46. The largest absolute Gasteiger partial charge is 0.462 e. The Morgan fingerprint density at radius 3 is 2.42 bits per heavy atom. The number of aromatic nitrogens is 1. The van der Waals surface area contributed by atoms with E-state index in [9.17, 15) is 9.59 Å². The molecule has 1 fully saturated rings. The van der Waals surface area contributed by atoms with E-state index < -0.39 is 0 Å². The van der Waals surface area contributed by atoms with E-state index in [2.05, 4.69) is 4.98 Å². The van der Waals surface area contributed by atoms with Crippen molar-refractivity contribution < 1.29 is 14.0 Å². The summed E-state index contributed by atoms with van der Waals surface area (Å²) in [6.45, 7) is 7.95. The molecule has 2 aromatic rings. The number of piperazine rings is 1. The molecule has 0 aromatic carbocycles. The Morgan fingerprint density at radius 2 is 1.83 bits per heavy atom. The fourth-order valence-electron chi connectivity index (χ4n) is 2.63. The van der Waals surface area contributed by atoms with Gasteiger partial charge < -0.3 is 14.2 Å². The van der Waals surface area contributed by atoms with Gasteiger partial charge in [0.05, 0.1) is 6.26 Å². The first-order chi connectivity index (χ1) is 11.4. The van der Waals surface area contributed by atoms with Crippen LogP contribution in [0, 0.1) is 5.41 Å². The number of thiazole rings is 1. The molecule has 0 aliphatic carbocycles. The molecular formula is C17H21N3O3S. The van der Waals surface area contributed by atoms with Gasteiger partial charge in [0.15, 0.2) is 10.8 Å². The molecule has 2 amide bonds. The second-order valence-corrected chi connectivity index (χ2v) is 7.71. The Labute approximate surface area is 145 Å². The number of nitrogens with zero attached hydrogens (tertiary/aromatic N) is 3. The second kappa shape index (κ2) is 6.39. The summed E-state index contributed by atoms with van der Waals surface area (Å²) >= 11 is 1.39. The molecule has 0 radical (unpaired) electrons. The van der Waals surface area contributed by atoms with E-state index in [0.717, 1.165) is 0 Å². The van der Waals surface area contributed by atoms with Gasteiger partial charge in [0.25, 0.3) is 5.91 Å². The average Bonchev–Trinajstić information content (AvgIpc) is 3.23. The fourth-order valence-corrected chi connectivity index (χ4v) is 3.39. The molecule has 7 heteroatoms. The third-order valence-electron chi connectivity index (χ3n) is 3.95. The van der Waals surface area contributed by atoms with Crippen molar-refractivity contribution in [2.75, 3.05) is 26.2 Å². The monoisotopic (exact) mass is 347 g/mol. The van der Waals surface area contributed by atoms with Crippen LogP contribution in [-0.2, 0) is 4.79 Å². The van der Waals surface area contributed by atoms with Crippen LogP contribution < -0.4 is 0 Å². The Balaban J connectivity index is 1.63. The molecule has 24 heavy (non-hydrogen) atoms. The summed E-state index contributed by atoms with van der Waals surface area (Å²) in [7, 11) is 0. The van der Waals surface area contributed by atoms with Crippen LogP contribution >= 0.6 is 11.3 Å². The van der Waals surface area contributed by atoms with Gasteiger partial charge in [-0.1, -0.05) is 20.8 Å². The molecule has 3 rings (SSSR count). The van der Waals surface area contributed by atoms with Crippen molar-refractivity contribution in [2.45, 2.75) is 20.8 Å². The van der Waals surface area contributed by atoms with Crippen molar-refractivity contribution in [3.63, 3.8) is 0 Å². The van der Waals surface area contributed by atoms with Crippen LogP contribution in [0.15, 0.2) is 28.2 Å². The van der Waals surface area contributed by atoms with Gasteiger partial charge in [0.1, 0.15) is 5.69 Å². The Hall–Kier alpha value is -2.15. The molecular weight excluding hydrogens is 326 g/mol. The summed E-state index contributed by atoms with van der Waals surface area (Å²) in [4.78, 5) is 32.9. The minimum absolute atomic E-state index is 0.0908. The standard InChI is InChI=1S/C17H21N3O3S/c1-17(2,3)16(22)20-8-6-19(7-9-20)15(21)12-11-24-14(18-12)13-5-4-10-23-13/h4-5,10-11H,6-9H2,1-3H3. The number of rotatable bonds is 2. The van der Waals surface area contributed by atoms with E-state index in [4.69, 9.17) is 4.42 Å². The van der Waals surface area contributed by atoms with Gasteiger partial charge in [0.2, 0.25) is 5.91 Å². The predicted molar refractivity (Wildman–Crippen MR) is 91.8 cm³/mol. The summed E-state index contributed by atoms with van der Waals surface area (Å²) < 4.78 is 5.31. The average molecular weight is 347 g/mol. The van der Waals surface area contributed by atoms with Crippen LogP contribution in [0.1, 0.15) is 31.3 Å². The maximum Gasteiger partial charge on any atom is 0.273 e. The third-order valence-corrected chi connectivity index (χ3v) is 4.81. The SMILES string of the molecule is CC(C)(C)C(=O)N1CCN(C(=O)c2csc(-c3ccco3)n2)CC1. The van der Waals surface area contributed by atoms with Gasteiger partial charge in [-0.05, 0) is 12.1 Å². The number of furan rings is 1. The van der Waals surface area contributed by atoms with Gasteiger partial charge in [-0.3, -0.25) is 9.59 Å². The van der Waals surface area contributed by atoms with Crippen molar-refractivity contribution >= 4 is 23.2 Å². The zero-order valence-corrected chi connectivity index (χ0v) is 14.9. The van der Waals surface area contributed by atoms with Crippen LogP contribution in [-0.4, -0.2) is 52.8 Å². The number of hydrogen-bond donors (Lipinski definition) is 0. The van der Waals surface area contributed by atoms with Crippen LogP contribution in [0.3, 0.4) is 0 Å². The molecule has 0 bridgehead atoms. The van der Waals surface area contributed by atoms with Gasteiger partial charge in [-0.15, -0.1) is 11.3 Å². The predicted octanol–water partition coefficient (Wildman–Crippen LogP) is 2.73. The Morgan fingerprint density at radius 1 is 1.17 bits per heavy atom. The van der Waals surface area contributed by atoms with Crippen LogP contribution in [0.25, 0.3) is 10.8 Å². The third kappa shape index (κ3) is 3.36. The maximum atomic E-state index is 12.6. The Bertz CT molecular complexity index is 723. The molecule has 128 valence electrons. The quantitative estimate of drug-likeness (QED) is 0.838. The van der Waals surface area contributed by atoms with Gasteiger partial charge in [-0.2, -0.15) is 0 Å². The molecule has 0 unspecified atom stereocenters. The lowest BCUT2D eigenvalue weighted by Crippen LogP contribution is -2.53. The van der Waals surface area contributed by atoms with E-state index in [0.29, 0.717) is 42.6 Å². The minimum atomic E-state index is -0.390. The molecule has 1 saturated heterocycles. The van der Waals surface area contributed by atoms with Crippen molar-refractivity contribution in [3.05, 3.63) is 29.5 Å². The van der Waals surface area contributed by atoms with Crippen LogP contribution in [0.2, 0.25) is 0 Å². The molecule has 2 aromatic heterocycles. The lowest BCUT2D eigenvalue weighted by atomic mass is 9.94. The highest BCUT2D eigenvalue weighted by atomic mass is 32.1. The van der Waals surface area contributed by atoms with Crippen molar-refractivity contribution in [2.24, 2.45) is 5.41 Å². The molecule has 0 saturated carbocycles. The van der Waals surface area contributed by atoms with E-state index in [1.54, 1.807) is 22.6 Å². The number of carbonyl (C=O) groups is 2. The zero-order chi connectivity index (χ0) is 17.3. The molecule has 1 aliphatic heterocycles. The summed E-state index contributed by atoms with van der Waals surface area (Å²) in [5.74, 6) is 0.704. The first kappa shape index (κ1) is 16.7. The molecule has 6 nitrogen and oxygen atoms in total. The van der Waals surface area contributed by atoms with Crippen molar-refractivity contribution in [3.8, 4) is 10.8 Å². The normalized spacial score (nSPS) is 15.6. The smallest absolute Gasteiger partial charge is 0.273 e. The van der Waals surface area contributed by atoms with E-state index in [-0.39, 0.29) is 17.2 Å².